The lowest BCUT2D eigenvalue weighted by molar-refractivity contribution is -0.140. The molecule has 1 aliphatic rings. The average Bonchev–Trinajstić information content (AvgIpc) is 3.46. The summed E-state index contributed by atoms with van der Waals surface area (Å²) < 4.78 is 28.7. The molecule has 0 radical (unpaired) electrons. The standard InChI is InChI=1S/C30H32Cl3N3O4S/c1-2-28(30(38)34-24-10-6-7-11-24)35(19-21-15-16-23(32)18-27(21)33)29(37)20-36(25-12-8-9-22(31)17-25)41(39,40)26-13-4-3-5-14-26/h3-5,8-9,12-18,24,28H,2,6-7,10-11,19-20H2,1H3,(H,34,38). The van der Waals surface area contributed by atoms with Crippen LogP contribution in [0.2, 0.25) is 15.1 Å². The van der Waals surface area contributed by atoms with E-state index in [1.54, 1.807) is 54.6 Å². The lowest BCUT2D eigenvalue weighted by atomic mass is 10.1. The monoisotopic (exact) mass is 635 g/mol. The first-order valence-corrected chi connectivity index (χ1v) is 16.0. The normalized spacial score (nSPS) is 14.4. The number of rotatable bonds is 11. The molecule has 0 bridgehead atoms. The maximum Gasteiger partial charge on any atom is 0.264 e. The van der Waals surface area contributed by atoms with Crippen molar-refractivity contribution in [1.82, 2.24) is 10.2 Å². The van der Waals surface area contributed by atoms with Crippen molar-refractivity contribution in [2.24, 2.45) is 0 Å². The highest BCUT2D eigenvalue weighted by molar-refractivity contribution is 7.92. The van der Waals surface area contributed by atoms with Gasteiger partial charge in [-0.05, 0) is 67.3 Å². The predicted octanol–water partition coefficient (Wildman–Crippen LogP) is 6.71. The minimum atomic E-state index is -4.17. The third-order valence-electron chi connectivity index (χ3n) is 7.15. The van der Waals surface area contributed by atoms with Crippen molar-refractivity contribution < 1.29 is 18.0 Å². The largest absolute Gasteiger partial charge is 0.352 e. The molecule has 1 atom stereocenters. The molecule has 11 heteroatoms. The van der Waals surface area contributed by atoms with Crippen molar-refractivity contribution in [3.05, 3.63) is 93.4 Å². The molecule has 4 rings (SSSR count). The van der Waals surface area contributed by atoms with Crippen LogP contribution in [-0.2, 0) is 26.2 Å². The third-order valence-corrected chi connectivity index (χ3v) is 9.76. The topological polar surface area (TPSA) is 86.8 Å². The highest BCUT2D eigenvalue weighted by atomic mass is 35.5. The van der Waals surface area contributed by atoms with Gasteiger partial charge in [0.15, 0.2) is 0 Å². The fourth-order valence-corrected chi connectivity index (χ4v) is 7.08. The van der Waals surface area contributed by atoms with E-state index in [1.165, 1.54) is 23.1 Å². The molecule has 1 saturated carbocycles. The minimum Gasteiger partial charge on any atom is -0.352 e. The Balaban J connectivity index is 1.73. The number of carbonyl (C=O) groups is 2. The maximum absolute atomic E-state index is 14.2. The third kappa shape index (κ3) is 7.74. The fraction of sp³-hybridized carbons (Fsp3) is 0.333. The van der Waals surface area contributed by atoms with E-state index in [4.69, 9.17) is 34.8 Å². The Bertz CT molecular complexity index is 1480. The summed E-state index contributed by atoms with van der Waals surface area (Å²) >= 11 is 18.8. The number of nitrogens with one attached hydrogen (secondary N) is 1. The smallest absolute Gasteiger partial charge is 0.264 e. The van der Waals surface area contributed by atoms with Crippen molar-refractivity contribution >= 4 is 62.3 Å². The van der Waals surface area contributed by atoms with Gasteiger partial charge in [0.25, 0.3) is 10.0 Å². The molecular formula is C30H32Cl3N3O4S. The Hall–Kier alpha value is -2.78. The lowest BCUT2D eigenvalue weighted by Crippen LogP contribution is -2.53. The summed E-state index contributed by atoms with van der Waals surface area (Å²) in [7, 11) is -4.17. The van der Waals surface area contributed by atoms with E-state index >= 15 is 0 Å². The van der Waals surface area contributed by atoms with Gasteiger partial charge >= 0.3 is 0 Å². The number of benzene rings is 3. The quantitative estimate of drug-likeness (QED) is 0.254. The van der Waals surface area contributed by atoms with Crippen LogP contribution in [0.25, 0.3) is 0 Å². The summed E-state index contributed by atoms with van der Waals surface area (Å²) in [4.78, 5) is 29.1. The highest BCUT2D eigenvalue weighted by Gasteiger charge is 2.34. The van der Waals surface area contributed by atoms with E-state index in [9.17, 15) is 18.0 Å². The molecule has 0 saturated heterocycles. The van der Waals surface area contributed by atoms with Crippen molar-refractivity contribution in [2.75, 3.05) is 10.8 Å². The van der Waals surface area contributed by atoms with E-state index < -0.39 is 28.5 Å². The Morgan fingerprint density at radius 3 is 2.24 bits per heavy atom. The van der Waals surface area contributed by atoms with E-state index in [-0.39, 0.29) is 29.1 Å². The zero-order valence-corrected chi connectivity index (χ0v) is 25.7. The molecule has 1 fully saturated rings. The number of carbonyl (C=O) groups excluding carboxylic acids is 2. The molecule has 0 aliphatic heterocycles. The first-order chi connectivity index (χ1) is 19.6. The van der Waals surface area contributed by atoms with Gasteiger partial charge in [-0.2, -0.15) is 0 Å². The molecule has 1 N–H and O–H groups in total. The van der Waals surface area contributed by atoms with Crippen molar-refractivity contribution in [3.8, 4) is 0 Å². The molecule has 41 heavy (non-hydrogen) atoms. The second-order valence-corrected chi connectivity index (χ2v) is 13.1. The number of nitrogens with zero attached hydrogens (tertiary/aromatic N) is 2. The van der Waals surface area contributed by atoms with Crippen molar-refractivity contribution in [2.45, 2.75) is 62.6 Å². The maximum atomic E-state index is 14.2. The van der Waals surface area contributed by atoms with Crippen LogP contribution in [0.5, 0.6) is 0 Å². The van der Waals surface area contributed by atoms with Crippen LogP contribution in [0.1, 0.15) is 44.6 Å². The molecular weight excluding hydrogens is 605 g/mol. The van der Waals surface area contributed by atoms with Gasteiger partial charge in [-0.15, -0.1) is 0 Å². The Kier molecular flexibility index (Phi) is 10.6. The SMILES string of the molecule is CCC(C(=O)NC1CCCC1)N(Cc1ccc(Cl)cc1Cl)C(=O)CN(c1cccc(Cl)c1)S(=O)(=O)c1ccccc1. The minimum absolute atomic E-state index is 0.0137. The van der Waals surface area contributed by atoms with Gasteiger partial charge in [-0.1, -0.05) is 84.9 Å². The summed E-state index contributed by atoms with van der Waals surface area (Å²) in [5.41, 5.74) is 0.805. The molecule has 7 nitrogen and oxygen atoms in total. The summed E-state index contributed by atoms with van der Waals surface area (Å²) in [5.74, 6) is -0.845. The molecule has 2 amide bonds. The number of anilines is 1. The van der Waals surface area contributed by atoms with Gasteiger partial charge in [0, 0.05) is 27.7 Å². The van der Waals surface area contributed by atoms with Crippen LogP contribution in [-0.4, -0.2) is 43.8 Å². The zero-order chi connectivity index (χ0) is 29.6. The second-order valence-electron chi connectivity index (χ2n) is 9.98. The van der Waals surface area contributed by atoms with Crippen LogP contribution < -0.4 is 9.62 Å². The predicted molar refractivity (Wildman–Crippen MR) is 164 cm³/mol. The van der Waals surface area contributed by atoms with E-state index in [2.05, 4.69) is 5.32 Å². The van der Waals surface area contributed by atoms with Crippen molar-refractivity contribution in [1.29, 1.82) is 0 Å². The number of sulfonamides is 1. The highest BCUT2D eigenvalue weighted by Crippen LogP contribution is 2.28. The molecule has 3 aromatic rings. The molecule has 0 heterocycles. The van der Waals surface area contributed by atoms with E-state index in [0.29, 0.717) is 27.1 Å². The van der Waals surface area contributed by atoms with E-state index in [0.717, 1.165) is 30.0 Å². The molecule has 0 aromatic heterocycles. The average molecular weight is 637 g/mol. The summed E-state index contributed by atoms with van der Waals surface area (Å²) in [6, 6.07) is 18.3. The first-order valence-electron chi connectivity index (χ1n) is 13.5. The van der Waals surface area contributed by atoms with Gasteiger partial charge < -0.3 is 10.2 Å². The molecule has 3 aromatic carbocycles. The zero-order valence-electron chi connectivity index (χ0n) is 22.6. The van der Waals surface area contributed by atoms with Crippen LogP contribution >= 0.6 is 34.8 Å². The Morgan fingerprint density at radius 2 is 1.61 bits per heavy atom. The second kappa shape index (κ2) is 13.9. The number of hydrogen-bond donors (Lipinski definition) is 1. The number of halogens is 3. The summed E-state index contributed by atoms with van der Waals surface area (Å²) in [5, 5.41) is 4.17. The summed E-state index contributed by atoms with van der Waals surface area (Å²) in [6.45, 7) is 1.24. The molecule has 0 spiro atoms. The van der Waals surface area contributed by atoms with Crippen LogP contribution in [0.15, 0.2) is 77.7 Å². The van der Waals surface area contributed by atoms with Gasteiger partial charge in [-0.3, -0.25) is 13.9 Å². The summed E-state index contributed by atoms with van der Waals surface area (Å²) in [6.07, 6.45) is 4.17. The number of hydrogen-bond acceptors (Lipinski definition) is 4. The fourth-order valence-electron chi connectivity index (χ4n) is 5.00. The molecule has 1 unspecified atom stereocenters. The molecule has 218 valence electrons. The first kappa shape index (κ1) is 31.2. The van der Waals surface area contributed by atoms with Crippen LogP contribution in [0, 0.1) is 0 Å². The van der Waals surface area contributed by atoms with E-state index in [1.807, 2.05) is 6.92 Å². The Morgan fingerprint density at radius 1 is 0.927 bits per heavy atom. The van der Waals surface area contributed by atoms with Gasteiger partial charge in [0.2, 0.25) is 11.8 Å². The number of amides is 2. The Labute approximate surface area is 256 Å². The van der Waals surface area contributed by atoms with Crippen molar-refractivity contribution in [3.63, 3.8) is 0 Å². The lowest BCUT2D eigenvalue weighted by Gasteiger charge is -2.34. The molecule has 1 aliphatic carbocycles. The van der Waals surface area contributed by atoms with Gasteiger partial charge in [0.05, 0.1) is 10.6 Å². The van der Waals surface area contributed by atoms with Crippen LogP contribution in [0.3, 0.4) is 0 Å². The van der Waals surface area contributed by atoms with Gasteiger partial charge in [-0.25, -0.2) is 8.42 Å². The van der Waals surface area contributed by atoms with Crippen LogP contribution in [0.4, 0.5) is 5.69 Å². The van der Waals surface area contributed by atoms with Gasteiger partial charge in [0.1, 0.15) is 12.6 Å².